The molecular formula is C19H27N5O. The summed E-state index contributed by atoms with van der Waals surface area (Å²) < 4.78 is 5.23. The molecule has 0 aliphatic carbocycles. The number of piperazine rings is 1. The van der Waals surface area contributed by atoms with E-state index in [4.69, 9.17) is 4.74 Å². The second-order valence-corrected chi connectivity index (χ2v) is 6.39. The Kier molecular flexibility index (Phi) is 5.58. The lowest BCUT2D eigenvalue weighted by Crippen LogP contribution is -2.46. The van der Waals surface area contributed by atoms with E-state index in [1.165, 1.54) is 5.69 Å². The molecule has 1 N–H and O–H groups in total. The van der Waals surface area contributed by atoms with E-state index in [2.05, 4.69) is 57.1 Å². The van der Waals surface area contributed by atoms with Gasteiger partial charge in [0.15, 0.2) is 0 Å². The first-order valence-electron chi connectivity index (χ1n) is 8.92. The van der Waals surface area contributed by atoms with Gasteiger partial charge in [0.1, 0.15) is 23.7 Å². The zero-order valence-corrected chi connectivity index (χ0v) is 15.3. The van der Waals surface area contributed by atoms with Gasteiger partial charge in [0, 0.05) is 44.0 Å². The number of anilines is 3. The predicted octanol–water partition coefficient (Wildman–Crippen LogP) is 3.02. The summed E-state index contributed by atoms with van der Waals surface area (Å²) in [7, 11) is 1.69. The highest BCUT2D eigenvalue weighted by atomic mass is 16.5. The van der Waals surface area contributed by atoms with Gasteiger partial charge in [-0.1, -0.05) is 6.92 Å². The summed E-state index contributed by atoms with van der Waals surface area (Å²) in [5, 5.41) is 3.42. The summed E-state index contributed by atoms with van der Waals surface area (Å²) in [6.07, 6.45) is 2.72. The summed E-state index contributed by atoms with van der Waals surface area (Å²) >= 11 is 0. The van der Waals surface area contributed by atoms with Crippen molar-refractivity contribution >= 4 is 17.3 Å². The first-order valence-corrected chi connectivity index (χ1v) is 8.92. The van der Waals surface area contributed by atoms with E-state index in [9.17, 15) is 0 Å². The molecule has 0 bridgehead atoms. The topological polar surface area (TPSA) is 53.5 Å². The van der Waals surface area contributed by atoms with Crippen molar-refractivity contribution in [3.63, 3.8) is 0 Å². The molecule has 0 radical (unpaired) electrons. The number of nitrogens with one attached hydrogen (secondary N) is 1. The molecule has 25 heavy (non-hydrogen) atoms. The number of ether oxygens (including phenoxy) is 1. The number of methoxy groups -OCH3 is 1. The van der Waals surface area contributed by atoms with E-state index in [0.29, 0.717) is 6.04 Å². The van der Waals surface area contributed by atoms with Crippen LogP contribution in [0.2, 0.25) is 0 Å². The minimum atomic E-state index is 0.412. The summed E-state index contributed by atoms with van der Waals surface area (Å²) in [6.45, 7) is 8.18. The number of nitrogens with zero attached hydrogens (tertiary/aromatic N) is 4. The van der Waals surface area contributed by atoms with Gasteiger partial charge in [0.25, 0.3) is 0 Å². The summed E-state index contributed by atoms with van der Waals surface area (Å²) in [6, 6.07) is 10.7. The lowest BCUT2D eigenvalue weighted by atomic mass is 10.2. The van der Waals surface area contributed by atoms with Crippen LogP contribution in [0.5, 0.6) is 5.75 Å². The molecule has 1 aromatic carbocycles. The Bertz CT molecular complexity index is 668. The van der Waals surface area contributed by atoms with Gasteiger partial charge in [0.2, 0.25) is 0 Å². The highest BCUT2D eigenvalue weighted by Crippen LogP contribution is 2.22. The number of hydrogen-bond donors (Lipinski definition) is 1. The molecule has 1 unspecified atom stereocenters. The van der Waals surface area contributed by atoms with E-state index >= 15 is 0 Å². The van der Waals surface area contributed by atoms with Gasteiger partial charge in [-0.2, -0.15) is 0 Å². The Morgan fingerprint density at radius 3 is 2.40 bits per heavy atom. The van der Waals surface area contributed by atoms with Crippen molar-refractivity contribution in [2.45, 2.75) is 26.3 Å². The fourth-order valence-corrected chi connectivity index (χ4v) is 2.94. The first-order chi connectivity index (χ1) is 12.2. The zero-order valence-electron chi connectivity index (χ0n) is 15.3. The Balaban J connectivity index is 1.61. The van der Waals surface area contributed by atoms with Crippen LogP contribution >= 0.6 is 0 Å². The molecule has 6 heteroatoms. The van der Waals surface area contributed by atoms with Crippen LogP contribution in [0.1, 0.15) is 20.3 Å². The first kappa shape index (κ1) is 17.3. The Morgan fingerprint density at radius 2 is 1.76 bits per heavy atom. The molecule has 0 amide bonds. The maximum absolute atomic E-state index is 5.23. The van der Waals surface area contributed by atoms with Gasteiger partial charge < -0.3 is 19.9 Å². The van der Waals surface area contributed by atoms with E-state index in [1.54, 1.807) is 13.4 Å². The maximum Gasteiger partial charge on any atom is 0.134 e. The van der Waals surface area contributed by atoms with Gasteiger partial charge in [-0.25, -0.2) is 9.97 Å². The molecule has 1 aromatic heterocycles. The lowest BCUT2D eigenvalue weighted by Gasteiger charge is -2.36. The van der Waals surface area contributed by atoms with Crippen molar-refractivity contribution in [3.8, 4) is 5.75 Å². The van der Waals surface area contributed by atoms with E-state index in [1.807, 2.05) is 12.1 Å². The molecule has 0 saturated carbocycles. The second kappa shape index (κ2) is 8.05. The van der Waals surface area contributed by atoms with Gasteiger partial charge in [-0.3, -0.25) is 0 Å². The van der Waals surface area contributed by atoms with Crippen molar-refractivity contribution < 1.29 is 4.74 Å². The third-order valence-electron chi connectivity index (χ3n) is 4.70. The third kappa shape index (κ3) is 4.32. The van der Waals surface area contributed by atoms with Crippen molar-refractivity contribution in [1.29, 1.82) is 0 Å². The highest BCUT2D eigenvalue weighted by molar-refractivity contribution is 5.53. The van der Waals surface area contributed by atoms with Crippen molar-refractivity contribution in [2.75, 3.05) is 48.4 Å². The molecule has 0 spiro atoms. The molecule has 1 atom stereocenters. The maximum atomic E-state index is 5.23. The van der Waals surface area contributed by atoms with Crippen molar-refractivity contribution in [3.05, 3.63) is 36.7 Å². The Morgan fingerprint density at radius 1 is 1.08 bits per heavy atom. The molecule has 2 aromatic rings. The van der Waals surface area contributed by atoms with E-state index in [-0.39, 0.29) is 0 Å². The van der Waals surface area contributed by atoms with Gasteiger partial charge in [-0.05, 0) is 37.6 Å². The number of benzene rings is 1. The van der Waals surface area contributed by atoms with E-state index < -0.39 is 0 Å². The fraction of sp³-hybridized carbons (Fsp3) is 0.474. The fourth-order valence-electron chi connectivity index (χ4n) is 2.94. The quantitative estimate of drug-likeness (QED) is 0.872. The molecular weight excluding hydrogens is 314 g/mol. The van der Waals surface area contributed by atoms with Gasteiger partial charge in [0.05, 0.1) is 7.11 Å². The van der Waals surface area contributed by atoms with Crippen LogP contribution in [-0.4, -0.2) is 49.3 Å². The predicted molar refractivity (Wildman–Crippen MR) is 103 cm³/mol. The normalized spacial score (nSPS) is 15.8. The molecule has 134 valence electrons. The molecule has 3 rings (SSSR count). The molecule has 1 fully saturated rings. The second-order valence-electron chi connectivity index (χ2n) is 6.39. The van der Waals surface area contributed by atoms with Crippen LogP contribution in [0.3, 0.4) is 0 Å². The average Bonchev–Trinajstić information content (AvgIpc) is 2.68. The summed E-state index contributed by atoms with van der Waals surface area (Å²) in [5.74, 6) is 2.79. The lowest BCUT2D eigenvalue weighted by molar-refractivity contribution is 0.415. The minimum Gasteiger partial charge on any atom is -0.497 e. The van der Waals surface area contributed by atoms with Crippen LogP contribution < -0.4 is 19.9 Å². The monoisotopic (exact) mass is 341 g/mol. The van der Waals surface area contributed by atoms with Crippen molar-refractivity contribution in [2.24, 2.45) is 0 Å². The van der Waals surface area contributed by atoms with Crippen LogP contribution in [0, 0.1) is 0 Å². The smallest absolute Gasteiger partial charge is 0.134 e. The zero-order chi connectivity index (χ0) is 17.6. The van der Waals surface area contributed by atoms with Crippen molar-refractivity contribution in [1.82, 2.24) is 9.97 Å². The molecule has 2 heterocycles. The van der Waals surface area contributed by atoms with Gasteiger partial charge >= 0.3 is 0 Å². The SMILES string of the molecule is CCC(C)Nc1cc(N2CCN(c3ccc(OC)cc3)CC2)ncn1. The molecule has 1 aliphatic heterocycles. The summed E-state index contributed by atoms with van der Waals surface area (Å²) in [4.78, 5) is 13.5. The molecule has 1 aliphatic rings. The standard InChI is InChI=1S/C19H27N5O/c1-4-15(2)22-18-13-19(21-14-20-18)24-11-9-23(10-12-24)16-5-7-17(25-3)8-6-16/h5-8,13-15H,4,9-12H2,1-3H3,(H,20,21,22). The number of rotatable bonds is 6. The largest absolute Gasteiger partial charge is 0.497 e. The van der Waals surface area contributed by atoms with E-state index in [0.717, 1.165) is 50.0 Å². The molecule has 6 nitrogen and oxygen atoms in total. The van der Waals surface area contributed by atoms with Crippen LogP contribution in [0.4, 0.5) is 17.3 Å². The minimum absolute atomic E-state index is 0.412. The summed E-state index contributed by atoms with van der Waals surface area (Å²) in [5.41, 5.74) is 1.24. The average molecular weight is 341 g/mol. The van der Waals surface area contributed by atoms with Gasteiger partial charge in [-0.15, -0.1) is 0 Å². The number of aromatic nitrogens is 2. The Hall–Kier alpha value is -2.50. The van der Waals surface area contributed by atoms with Crippen LogP contribution in [0.15, 0.2) is 36.7 Å². The number of hydrogen-bond acceptors (Lipinski definition) is 6. The van der Waals surface area contributed by atoms with Crippen LogP contribution in [-0.2, 0) is 0 Å². The third-order valence-corrected chi connectivity index (χ3v) is 4.70. The Labute approximate surface area is 149 Å². The highest BCUT2D eigenvalue weighted by Gasteiger charge is 2.19. The molecule has 1 saturated heterocycles. The van der Waals surface area contributed by atoms with Crippen LogP contribution in [0.25, 0.3) is 0 Å².